The fraction of sp³-hybridized carbons (Fsp3) is 0.385. The van der Waals surface area contributed by atoms with E-state index in [4.69, 9.17) is 16.7 Å². The van der Waals surface area contributed by atoms with E-state index in [0.717, 1.165) is 5.56 Å². The van der Waals surface area contributed by atoms with E-state index in [1.54, 1.807) is 13.0 Å². The molecule has 0 aromatic heterocycles. The highest BCUT2D eigenvalue weighted by molar-refractivity contribution is 6.31. The molecule has 0 unspecified atom stereocenters. The van der Waals surface area contributed by atoms with Crippen LogP contribution in [0.4, 0.5) is 0 Å². The Kier molecular flexibility index (Phi) is 5.65. The van der Waals surface area contributed by atoms with E-state index in [9.17, 15) is 9.59 Å². The van der Waals surface area contributed by atoms with Gasteiger partial charge in [-0.25, -0.2) is 0 Å². The van der Waals surface area contributed by atoms with Crippen molar-refractivity contribution >= 4 is 23.5 Å². The molecule has 5 heteroatoms. The van der Waals surface area contributed by atoms with Crippen LogP contribution in [0.3, 0.4) is 0 Å². The maximum Gasteiger partial charge on any atom is 0.323 e. The molecule has 0 aliphatic carbocycles. The summed E-state index contributed by atoms with van der Waals surface area (Å²) in [5.41, 5.74) is 0.902. The lowest BCUT2D eigenvalue weighted by atomic mass is 10.1. The highest BCUT2D eigenvalue weighted by Crippen LogP contribution is 2.16. The molecule has 0 aliphatic heterocycles. The zero-order valence-electron chi connectivity index (χ0n) is 10.2. The van der Waals surface area contributed by atoms with Gasteiger partial charge in [0.2, 0.25) is 5.91 Å². The summed E-state index contributed by atoms with van der Waals surface area (Å²) < 4.78 is 0. The van der Waals surface area contributed by atoms with Gasteiger partial charge in [-0.05, 0) is 25.0 Å². The van der Waals surface area contributed by atoms with Crippen molar-refractivity contribution in [2.24, 2.45) is 0 Å². The number of likely N-dealkylation sites (N-methyl/N-ethyl adjacent to an activating group) is 1. The first-order valence-electron chi connectivity index (χ1n) is 5.77. The van der Waals surface area contributed by atoms with E-state index in [2.05, 4.69) is 0 Å². The molecule has 0 bridgehead atoms. The number of hydrogen-bond donors (Lipinski definition) is 1. The summed E-state index contributed by atoms with van der Waals surface area (Å²) >= 11 is 5.99. The van der Waals surface area contributed by atoms with Crippen LogP contribution in [0.1, 0.15) is 18.9 Å². The van der Waals surface area contributed by atoms with Crippen molar-refractivity contribution in [2.45, 2.75) is 19.8 Å². The Hall–Kier alpha value is -1.55. The molecule has 0 saturated heterocycles. The van der Waals surface area contributed by atoms with Gasteiger partial charge in [-0.2, -0.15) is 0 Å². The molecule has 0 saturated carbocycles. The van der Waals surface area contributed by atoms with Crippen molar-refractivity contribution in [3.05, 3.63) is 34.9 Å². The Labute approximate surface area is 111 Å². The van der Waals surface area contributed by atoms with Crippen molar-refractivity contribution in [3.8, 4) is 0 Å². The van der Waals surface area contributed by atoms with Crippen LogP contribution >= 0.6 is 11.6 Å². The fourth-order valence-electron chi connectivity index (χ4n) is 1.64. The molecule has 1 N–H and O–H groups in total. The molecule has 0 aliphatic rings. The first kappa shape index (κ1) is 14.5. The Morgan fingerprint density at radius 3 is 2.56 bits per heavy atom. The van der Waals surface area contributed by atoms with Crippen molar-refractivity contribution in [2.75, 3.05) is 13.1 Å². The molecule has 1 rings (SSSR count). The Balaban J connectivity index is 2.54. The number of halogens is 1. The molecule has 0 fully saturated rings. The fourth-order valence-corrected chi connectivity index (χ4v) is 1.87. The largest absolute Gasteiger partial charge is 0.480 e. The van der Waals surface area contributed by atoms with Crippen LogP contribution in [-0.2, 0) is 16.0 Å². The molecule has 1 aromatic carbocycles. The second-order valence-electron chi connectivity index (χ2n) is 3.89. The number of nitrogens with zero attached hydrogens (tertiary/aromatic N) is 1. The SMILES string of the molecule is CCN(CC(=O)O)C(=O)CCc1ccccc1Cl. The number of carboxylic acids is 1. The van der Waals surface area contributed by atoms with Gasteiger partial charge in [0.25, 0.3) is 0 Å². The first-order chi connectivity index (χ1) is 8.54. The van der Waals surface area contributed by atoms with E-state index in [-0.39, 0.29) is 18.9 Å². The number of carbonyl (C=O) groups is 2. The second-order valence-corrected chi connectivity index (χ2v) is 4.30. The van der Waals surface area contributed by atoms with E-state index in [1.807, 2.05) is 18.2 Å². The minimum atomic E-state index is -0.997. The number of rotatable bonds is 6. The minimum Gasteiger partial charge on any atom is -0.480 e. The van der Waals surface area contributed by atoms with Gasteiger partial charge in [0, 0.05) is 18.0 Å². The van der Waals surface area contributed by atoms with Crippen LogP contribution < -0.4 is 0 Å². The average molecular weight is 270 g/mol. The third-order valence-corrected chi connectivity index (χ3v) is 3.00. The summed E-state index contributed by atoms with van der Waals surface area (Å²) in [5, 5.41) is 9.31. The molecule has 0 heterocycles. The summed E-state index contributed by atoms with van der Waals surface area (Å²) in [5.74, 6) is -1.16. The predicted octanol–water partition coefficient (Wildman–Crippen LogP) is 2.21. The third kappa shape index (κ3) is 4.37. The number of benzene rings is 1. The lowest BCUT2D eigenvalue weighted by Crippen LogP contribution is -2.35. The topological polar surface area (TPSA) is 57.6 Å². The van der Waals surface area contributed by atoms with Gasteiger partial charge >= 0.3 is 5.97 Å². The standard InChI is InChI=1S/C13H16ClNO3/c1-2-15(9-13(17)18)12(16)8-7-10-5-3-4-6-11(10)14/h3-6H,2,7-9H2,1H3,(H,17,18). The van der Waals surface area contributed by atoms with Gasteiger partial charge in [-0.1, -0.05) is 29.8 Å². The lowest BCUT2D eigenvalue weighted by molar-refractivity contribution is -0.144. The van der Waals surface area contributed by atoms with Crippen LogP contribution in [0.5, 0.6) is 0 Å². The van der Waals surface area contributed by atoms with Gasteiger partial charge < -0.3 is 10.0 Å². The van der Waals surface area contributed by atoms with E-state index >= 15 is 0 Å². The molecule has 18 heavy (non-hydrogen) atoms. The van der Waals surface area contributed by atoms with Crippen molar-refractivity contribution in [1.29, 1.82) is 0 Å². The lowest BCUT2D eigenvalue weighted by Gasteiger charge is -2.18. The third-order valence-electron chi connectivity index (χ3n) is 2.63. The van der Waals surface area contributed by atoms with Gasteiger partial charge in [0.1, 0.15) is 6.54 Å². The second kappa shape index (κ2) is 7.01. The predicted molar refractivity (Wildman–Crippen MR) is 69.7 cm³/mol. The number of hydrogen-bond acceptors (Lipinski definition) is 2. The van der Waals surface area contributed by atoms with Crippen molar-refractivity contribution < 1.29 is 14.7 Å². The Morgan fingerprint density at radius 2 is 2.00 bits per heavy atom. The molecule has 1 amide bonds. The van der Waals surface area contributed by atoms with Crippen LogP contribution in [-0.4, -0.2) is 35.0 Å². The highest BCUT2D eigenvalue weighted by Gasteiger charge is 2.14. The molecule has 0 atom stereocenters. The number of amides is 1. The summed E-state index contributed by atoms with van der Waals surface area (Å²) in [4.78, 5) is 23.7. The summed E-state index contributed by atoms with van der Waals surface area (Å²) in [6.45, 7) is 1.90. The average Bonchev–Trinajstić information content (AvgIpc) is 2.34. The zero-order chi connectivity index (χ0) is 13.5. The highest BCUT2D eigenvalue weighted by atomic mass is 35.5. The number of carbonyl (C=O) groups excluding carboxylic acids is 1. The van der Waals surface area contributed by atoms with Gasteiger partial charge in [-0.3, -0.25) is 9.59 Å². The molecule has 0 radical (unpaired) electrons. The van der Waals surface area contributed by atoms with Gasteiger partial charge in [-0.15, -0.1) is 0 Å². The monoisotopic (exact) mass is 269 g/mol. The van der Waals surface area contributed by atoms with Crippen molar-refractivity contribution in [1.82, 2.24) is 4.90 Å². The number of aryl methyl sites for hydroxylation is 1. The summed E-state index contributed by atoms with van der Waals surface area (Å²) in [6, 6.07) is 7.33. The molecule has 0 spiro atoms. The van der Waals surface area contributed by atoms with Crippen molar-refractivity contribution in [3.63, 3.8) is 0 Å². The molecule has 1 aromatic rings. The maximum absolute atomic E-state index is 11.8. The molecule has 98 valence electrons. The van der Waals surface area contributed by atoms with E-state index < -0.39 is 5.97 Å². The van der Waals surface area contributed by atoms with Crippen LogP contribution in [0.25, 0.3) is 0 Å². The van der Waals surface area contributed by atoms with Gasteiger partial charge in [0.15, 0.2) is 0 Å². The zero-order valence-corrected chi connectivity index (χ0v) is 11.0. The quantitative estimate of drug-likeness (QED) is 0.861. The van der Waals surface area contributed by atoms with Crippen LogP contribution in [0.15, 0.2) is 24.3 Å². The van der Waals surface area contributed by atoms with Crippen LogP contribution in [0.2, 0.25) is 5.02 Å². The normalized spacial score (nSPS) is 10.1. The summed E-state index contributed by atoms with van der Waals surface area (Å²) in [7, 11) is 0. The van der Waals surface area contributed by atoms with E-state index in [1.165, 1.54) is 4.90 Å². The molecular weight excluding hydrogens is 254 g/mol. The smallest absolute Gasteiger partial charge is 0.323 e. The molecular formula is C13H16ClNO3. The molecule has 4 nitrogen and oxygen atoms in total. The van der Waals surface area contributed by atoms with Crippen LogP contribution in [0, 0.1) is 0 Å². The Morgan fingerprint density at radius 1 is 1.33 bits per heavy atom. The maximum atomic E-state index is 11.8. The first-order valence-corrected chi connectivity index (χ1v) is 6.15. The Bertz CT molecular complexity index is 434. The van der Waals surface area contributed by atoms with E-state index in [0.29, 0.717) is 18.0 Å². The van der Waals surface area contributed by atoms with Gasteiger partial charge in [0.05, 0.1) is 0 Å². The minimum absolute atomic E-state index is 0.167. The number of aliphatic carboxylic acids is 1. The number of carboxylic acid groups (broad SMARTS) is 1. The summed E-state index contributed by atoms with van der Waals surface area (Å²) in [6.07, 6.45) is 0.791.